The number of hydrogen-bond acceptors (Lipinski definition) is 8. The summed E-state index contributed by atoms with van der Waals surface area (Å²) >= 11 is 6.66. The second-order valence-corrected chi connectivity index (χ2v) is 10.6. The molecule has 0 aliphatic rings. The van der Waals surface area contributed by atoms with Gasteiger partial charge in [0.2, 0.25) is 0 Å². The number of hydrogen-bond donors (Lipinski definition) is 1. The first-order valence-corrected chi connectivity index (χ1v) is 12.6. The minimum absolute atomic E-state index is 0.383. The summed E-state index contributed by atoms with van der Waals surface area (Å²) in [5.41, 5.74) is 0.945. The van der Waals surface area contributed by atoms with Gasteiger partial charge < -0.3 is 10.1 Å². The average Bonchev–Trinajstić information content (AvgIpc) is 2.77. The van der Waals surface area contributed by atoms with Gasteiger partial charge in [0.25, 0.3) is 0 Å². The van der Waals surface area contributed by atoms with E-state index in [-0.39, 0.29) is 0 Å². The van der Waals surface area contributed by atoms with Crippen molar-refractivity contribution in [1.29, 1.82) is 5.26 Å². The molecular formula is C21H25N3OS4. The molecule has 154 valence electrons. The van der Waals surface area contributed by atoms with Gasteiger partial charge >= 0.3 is 0 Å². The normalized spacial score (nSPS) is 12.0. The maximum Gasteiger partial charge on any atom is 0.120 e. The van der Waals surface area contributed by atoms with E-state index in [0.29, 0.717) is 17.0 Å². The lowest BCUT2D eigenvalue weighted by atomic mass is 10.1. The minimum atomic E-state index is -0.631. The van der Waals surface area contributed by atoms with Gasteiger partial charge in [-0.15, -0.1) is 0 Å². The van der Waals surface area contributed by atoms with Crippen molar-refractivity contribution in [2.45, 2.75) is 29.5 Å². The Labute approximate surface area is 191 Å². The number of carbonyl (C=O) groups is 1. The Morgan fingerprint density at radius 2 is 2.00 bits per heavy atom. The van der Waals surface area contributed by atoms with Gasteiger partial charge in [0.15, 0.2) is 0 Å². The number of aromatic nitrogens is 1. The summed E-state index contributed by atoms with van der Waals surface area (Å²) in [6.45, 7) is 2.86. The van der Waals surface area contributed by atoms with Crippen LogP contribution in [0.15, 0.2) is 59.8 Å². The average molecular weight is 464 g/mol. The van der Waals surface area contributed by atoms with Crippen LogP contribution in [0.1, 0.15) is 25.3 Å². The van der Waals surface area contributed by atoms with Crippen LogP contribution in [0.25, 0.3) is 0 Å². The summed E-state index contributed by atoms with van der Waals surface area (Å²) in [7, 11) is 5.51. The first-order chi connectivity index (χ1) is 14.0. The molecule has 1 aromatic carbocycles. The number of nitrogens with zero attached hydrogens (tertiary/aromatic N) is 2. The van der Waals surface area contributed by atoms with Gasteiger partial charge in [-0.05, 0) is 48.9 Å². The number of carbonyl (C=O) groups excluding carboxylic acids is 1. The number of thioether (sulfide) groups is 1. The Hall–Kier alpha value is -1.37. The third-order valence-electron chi connectivity index (χ3n) is 3.52. The van der Waals surface area contributed by atoms with E-state index < -0.39 is 4.75 Å². The van der Waals surface area contributed by atoms with Crippen LogP contribution in [-0.4, -0.2) is 39.6 Å². The number of aldehydes is 1. The Balaban J connectivity index is 0.000000308. The molecule has 2 rings (SSSR count). The summed E-state index contributed by atoms with van der Waals surface area (Å²) in [5.74, 6) is 1.11. The van der Waals surface area contributed by atoms with Crippen LogP contribution in [-0.2, 0) is 4.79 Å². The zero-order chi connectivity index (χ0) is 21.4. The van der Waals surface area contributed by atoms with Gasteiger partial charge in [-0.1, -0.05) is 71.2 Å². The summed E-state index contributed by atoms with van der Waals surface area (Å²) < 4.78 is 0.0638. The molecule has 0 amide bonds. The Morgan fingerprint density at radius 1 is 1.28 bits per heavy atom. The quantitative estimate of drug-likeness (QED) is 0.217. The van der Waals surface area contributed by atoms with E-state index in [1.54, 1.807) is 10.8 Å². The fraction of sp³-hybridized carbons (Fsp3) is 0.333. The first kappa shape index (κ1) is 25.7. The molecule has 29 heavy (non-hydrogen) atoms. The van der Waals surface area contributed by atoms with E-state index in [4.69, 9.17) is 17.5 Å². The van der Waals surface area contributed by atoms with Crippen molar-refractivity contribution in [1.82, 2.24) is 10.3 Å². The molecule has 0 aliphatic heterocycles. The molecule has 0 saturated carbocycles. The van der Waals surface area contributed by atoms with Gasteiger partial charge in [0.1, 0.15) is 16.1 Å². The van der Waals surface area contributed by atoms with E-state index in [2.05, 4.69) is 16.4 Å². The highest BCUT2D eigenvalue weighted by Crippen LogP contribution is 2.32. The van der Waals surface area contributed by atoms with E-state index in [1.807, 2.05) is 79.5 Å². The largest absolute Gasteiger partial charge is 0.319 e. The number of nitriles is 1. The fourth-order valence-corrected chi connectivity index (χ4v) is 5.45. The molecule has 2 aromatic rings. The molecule has 8 heteroatoms. The van der Waals surface area contributed by atoms with Crippen molar-refractivity contribution in [3.63, 3.8) is 0 Å². The predicted molar refractivity (Wildman–Crippen MR) is 132 cm³/mol. The third-order valence-corrected chi connectivity index (χ3v) is 7.44. The lowest BCUT2D eigenvalue weighted by Crippen LogP contribution is -2.19. The van der Waals surface area contributed by atoms with E-state index in [0.717, 1.165) is 29.2 Å². The highest BCUT2D eigenvalue weighted by Gasteiger charge is 2.26. The first-order valence-electron chi connectivity index (χ1n) is 9.03. The van der Waals surface area contributed by atoms with Crippen LogP contribution in [0.4, 0.5) is 0 Å². The van der Waals surface area contributed by atoms with Crippen LogP contribution in [0.5, 0.6) is 0 Å². The van der Waals surface area contributed by atoms with Gasteiger partial charge in [0, 0.05) is 24.9 Å². The zero-order valence-electron chi connectivity index (χ0n) is 16.5. The van der Waals surface area contributed by atoms with Gasteiger partial charge in [-0.25, -0.2) is 4.98 Å². The molecule has 1 N–H and O–H groups in total. The molecule has 0 fully saturated rings. The second kappa shape index (κ2) is 15.5. The highest BCUT2D eigenvalue weighted by atomic mass is 33.1. The monoisotopic (exact) mass is 463 g/mol. The summed E-state index contributed by atoms with van der Waals surface area (Å²) in [6, 6.07) is 17.8. The van der Waals surface area contributed by atoms with Crippen LogP contribution < -0.4 is 5.32 Å². The molecule has 1 heterocycles. The Bertz CT molecular complexity index is 769. The van der Waals surface area contributed by atoms with E-state index in [1.165, 1.54) is 11.8 Å². The highest BCUT2D eigenvalue weighted by molar-refractivity contribution is 8.76. The zero-order valence-corrected chi connectivity index (χ0v) is 19.8. The molecular weight excluding hydrogens is 439 g/mol. The summed E-state index contributed by atoms with van der Waals surface area (Å²) in [6.07, 6.45) is 3.56. The predicted octanol–water partition coefficient (Wildman–Crippen LogP) is 5.40. The van der Waals surface area contributed by atoms with Crippen molar-refractivity contribution in [2.24, 2.45) is 0 Å². The topological polar surface area (TPSA) is 65.8 Å². The lowest BCUT2D eigenvalue weighted by molar-refractivity contribution is -0.108. The molecule has 1 atom stereocenters. The molecule has 0 spiro atoms. The maximum absolute atomic E-state index is 10.4. The number of pyridine rings is 1. The number of benzene rings is 1. The number of rotatable bonds is 10. The number of nitrogens with one attached hydrogen (secondary N) is 1. The van der Waals surface area contributed by atoms with Crippen LogP contribution >= 0.6 is 45.6 Å². The van der Waals surface area contributed by atoms with E-state index >= 15 is 0 Å². The van der Waals surface area contributed by atoms with Crippen LogP contribution in [0.2, 0.25) is 0 Å². The smallest absolute Gasteiger partial charge is 0.120 e. The van der Waals surface area contributed by atoms with E-state index in [9.17, 15) is 4.79 Å². The molecule has 0 radical (unpaired) electrons. The van der Waals surface area contributed by atoms with Crippen LogP contribution in [0, 0.1) is 11.3 Å². The van der Waals surface area contributed by atoms with Crippen molar-refractivity contribution >= 4 is 56.1 Å². The van der Waals surface area contributed by atoms with Gasteiger partial charge in [0.05, 0.1) is 10.3 Å². The third kappa shape index (κ3) is 11.4. The maximum atomic E-state index is 10.4. The fourth-order valence-electron chi connectivity index (χ4n) is 1.94. The summed E-state index contributed by atoms with van der Waals surface area (Å²) in [5, 5.41) is 13.3. The van der Waals surface area contributed by atoms with Crippen molar-refractivity contribution in [2.75, 3.05) is 19.3 Å². The SMILES string of the molecule is CC(C#N)(CCC=O)SC(=S)c1ccccc1.CNCCSSc1ccccn1. The van der Waals surface area contributed by atoms with Crippen molar-refractivity contribution in [3.8, 4) is 6.07 Å². The molecule has 4 nitrogen and oxygen atoms in total. The molecule has 1 unspecified atom stereocenters. The Kier molecular flexibility index (Phi) is 13.7. The van der Waals surface area contributed by atoms with Gasteiger partial charge in [-0.2, -0.15) is 5.26 Å². The van der Waals surface area contributed by atoms with Gasteiger partial charge in [-0.3, -0.25) is 0 Å². The molecule has 0 bridgehead atoms. The standard InChI is InChI=1S/C13H13NOS2.C8H12N2S2/c1-13(10-14,8-5-9-15)17-12(16)11-6-3-2-4-7-11;1-9-6-7-11-12-8-4-2-3-5-10-8/h2-4,6-7,9H,5,8H2,1H3;2-5,9H,6-7H2,1H3. The Morgan fingerprint density at radius 3 is 2.59 bits per heavy atom. The summed E-state index contributed by atoms with van der Waals surface area (Å²) in [4.78, 5) is 14.6. The molecule has 1 aromatic heterocycles. The lowest BCUT2D eigenvalue weighted by Gasteiger charge is -2.20. The number of thiocarbonyl (C=S) groups is 1. The van der Waals surface area contributed by atoms with Crippen molar-refractivity contribution < 1.29 is 4.79 Å². The molecule has 0 saturated heterocycles. The second-order valence-electron chi connectivity index (χ2n) is 5.98. The minimum Gasteiger partial charge on any atom is -0.319 e. The van der Waals surface area contributed by atoms with Crippen molar-refractivity contribution in [3.05, 3.63) is 60.3 Å². The van der Waals surface area contributed by atoms with Crippen LogP contribution in [0.3, 0.4) is 0 Å². The molecule has 0 aliphatic carbocycles.